The quantitative estimate of drug-likeness (QED) is 0.913. The van der Waals surface area contributed by atoms with E-state index in [-0.39, 0.29) is 24.4 Å². The molecule has 0 spiro atoms. The topological polar surface area (TPSA) is 49.4 Å². The molecule has 0 aromatic heterocycles. The Balaban J connectivity index is 2.15. The van der Waals surface area contributed by atoms with Gasteiger partial charge in [-0.25, -0.2) is 0 Å². The van der Waals surface area contributed by atoms with E-state index in [1.165, 1.54) is 31.2 Å². The molecule has 0 aliphatic carbocycles. The SMILES string of the molecule is CC1NC(=O)CCN(CC(F)(F)c2ccccc2)C1=O. The molecule has 108 valence electrons. The van der Waals surface area contributed by atoms with Gasteiger partial charge < -0.3 is 10.2 Å². The number of alkyl halides is 2. The number of carbonyl (C=O) groups excluding carboxylic acids is 2. The maximum Gasteiger partial charge on any atom is 0.290 e. The molecule has 2 amide bonds. The molecule has 1 heterocycles. The van der Waals surface area contributed by atoms with Crippen LogP contribution in [0.5, 0.6) is 0 Å². The van der Waals surface area contributed by atoms with Crippen LogP contribution in [0.2, 0.25) is 0 Å². The summed E-state index contributed by atoms with van der Waals surface area (Å²) in [6.07, 6.45) is 0.0426. The highest BCUT2D eigenvalue weighted by Crippen LogP contribution is 2.29. The predicted octanol–water partition coefficient (Wildman–Crippen LogP) is 1.52. The highest BCUT2D eigenvalue weighted by atomic mass is 19.3. The number of amides is 2. The first kappa shape index (κ1) is 14.4. The summed E-state index contributed by atoms with van der Waals surface area (Å²) < 4.78 is 28.3. The van der Waals surface area contributed by atoms with Gasteiger partial charge >= 0.3 is 0 Å². The second kappa shape index (κ2) is 5.56. The molecular weight excluding hydrogens is 266 g/mol. The van der Waals surface area contributed by atoms with E-state index >= 15 is 0 Å². The molecule has 4 nitrogen and oxygen atoms in total. The van der Waals surface area contributed by atoms with Crippen molar-refractivity contribution in [1.82, 2.24) is 10.2 Å². The van der Waals surface area contributed by atoms with E-state index < -0.39 is 24.4 Å². The van der Waals surface area contributed by atoms with Gasteiger partial charge in [0.05, 0.1) is 6.54 Å². The second-order valence-corrected chi connectivity index (χ2v) is 4.87. The molecule has 1 N–H and O–H groups in total. The van der Waals surface area contributed by atoms with Crippen LogP contribution in [0.4, 0.5) is 8.78 Å². The lowest BCUT2D eigenvalue weighted by Crippen LogP contribution is -2.46. The number of nitrogens with zero attached hydrogens (tertiary/aromatic N) is 1. The van der Waals surface area contributed by atoms with Gasteiger partial charge in [0, 0.05) is 18.5 Å². The third-order valence-corrected chi connectivity index (χ3v) is 3.25. The Morgan fingerprint density at radius 1 is 1.30 bits per heavy atom. The van der Waals surface area contributed by atoms with Crippen LogP contribution in [0.15, 0.2) is 30.3 Å². The van der Waals surface area contributed by atoms with E-state index in [0.29, 0.717) is 0 Å². The molecule has 1 saturated heterocycles. The van der Waals surface area contributed by atoms with Gasteiger partial charge in [0.1, 0.15) is 6.04 Å². The van der Waals surface area contributed by atoms with Crippen LogP contribution in [0.3, 0.4) is 0 Å². The Morgan fingerprint density at radius 2 is 1.95 bits per heavy atom. The summed E-state index contributed by atoms with van der Waals surface area (Å²) in [6, 6.07) is 6.60. The Bertz CT molecular complexity index is 505. The maximum atomic E-state index is 14.2. The summed E-state index contributed by atoms with van der Waals surface area (Å²) >= 11 is 0. The van der Waals surface area contributed by atoms with Crippen LogP contribution in [-0.2, 0) is 15.5 Å². The average molecular weight is 282 g/mol. The van der Waals surface area contributed by atoms with Gasteiger partial charge in [0.15, 0.2) is 0 Å². The minimum Gasteiger partial charge on any atom is -0.345 e. The molecule has 1 fully saturated rings. The summed E-state index contributed by atoms with van der Waals surface area (Å²) in [5.41, 5.74) is -0.135. The number of hydrogen-bond acceptors (Lipinski definition) is 2. The number of rotatable bonds is 3. The molecule has 1 atom stereocenters. The van der Waals surface area contributed by atoms with Crippen LogP contribution < -0.4 is 5.32 Å². The summed E-state index contributed by atoms with van der Waals surface area (Å²) in [4.78, 5) is 24.4. The van der Waals surface area contributed by atoms with Gasteiger partial charge in [0.25, 0.3) is 5.92 Å². The van der Waals surface area contributed by atoms with Gasteiger partial charge in [-0.3, -0.25) is 9.59 Å². The van der Waals surface area contributed by atoms with E-state index in [1.54, 1.807) is 6.07 Å². The van der Waals surface area contributed by atoms with Crippen molar-refractivity contribution >= 4 is 11.8 Å². The lowest BCUT2D eigenvalue weighted by atomic mass is 10.1. The zero-order chi connectivity index (χ0) is 14.8. The number of nitrogens with one attached hydrogen (secondary N) is 1. The monoisotopic (exact) mass is 282 g/mol. The minimum absolute atomic E-state index is 0.0113. The van der Waals surface area contributed by atoms with Crippen molar-refractivity contribution in [2.75, 3.05) is 13.1 Å². The Morgan fingerprint density at radius 3 is 2.60 bits per heavy atom. The lowest BCUT2D eigenvalue weighted by Gasteiger charge is -2.27. The van der Waals surface area contributed by atoms with Gasteiger partial charge in [0.2, 0.25) is 11.8 Å². The van der Waals surface area contributed by atoms with E-state index in [2.05, 4.69) is 5.32 Å². The standard InChI is InChI=1S/C14H16F2N2O2/c1-10-13(20)18(8-7-12(19)17-10)9-14(15,16)11-5-3-2-4-6-11/h2-6,10H,7-9H2,1H3,(H,17,19). The van der Waals surface area contributed by atoms with Gasteiger partial charge in [-0.05, 0) is 6.92 Å². The first-order valence-electron chi connectivity index (χ1n) is 6.41. The fourth-order valence-electron chi connectivity index (χ4n) is 2.17. The molecule has 1 aromatic carbocycles. The minimum atomic E-state index is -3.13. The molecule has 0 bridgehead atoms. The molecular formula is C14H16F2N2O2. The number of benzene rings is 1. The molecule has 0 saturated carbocycles. The number of carbonyl (C=O) groups is 2. The van der Waals surface area contributed by atoms with Crippen molar-refractivity contribution in [3.8, 4) is 0 Å². The smallest absolute Gasteiger partial charge is 0.290 e. The van der Waals surface area contributed by atoms with Crippen LogP contribution in [-0.4, -0.2) is 35.8 Å². The molecule has 1 aliphatic rings. The third-order valence-electron chi connectivity index (χ3n) is 3.25. The summed E-state index contributed by atoms with van der Waals surface area (Å²) in [6.45, 7) is 0.797. The van der Waals surface area contributed by atoms with Gasteiger partial charge in [-0.2, -0.15) is 8.78 Å². The van der Waals surface area contributed by atoms with Crippen molar-refractivity contribution < 1.29 is 18.4 Å². The van der Waals surface area contributed by atoms with Crippen LogP contribution in [0, 0.1) is 0 Å². The van der Waals surface area contributed by atoms with Gasteiger partial charge in [-0.1, -0.05) is 30.3 Å². The van der Waals surface area contributed by atoms with Crippen LogP contribution >= 0.6 is 0 Å². The molecule has 1 aliphatic heterocycles. The highest BCUT2D eigenvalue weighted by Gasteiger charge is 2.37. The molecule has 20 heavy (non-hydrogen) atoms. The first-order chi connectivity index (χ1) is 9.40. The summed E-state index contributed by atoms with van der Waals surface area (Å²) in [5, 5.41) is 2.47. The Kier molecular flexibility index (Phi) is 4.01. The van der Waals surface area contributed by atoms with E-state index in [1.807, 2.05) is 0 Å². The van der Waals surface area contributed by atoms with Crippen LogP contribution in [0.1, 0.15) is 18.9 Å². The van der Waals surface area contributed by atoms with E-state index in [9.17, 15) is 18.4 Å². The normalized spacial score (nSPS) is 20.6. The second-order valence-electron chi connectivity index (χ2n) is 4.87. The fourth-order valence-corrected chi connectivity index (χ4v) is 2.17. The summed E-state index contributed by atoms with van der Waals surface area (Å²) in [5.74, 6) is -3.91. The van der Waals surface area contributed by atoms with E-state index in [4.69, 9.17) is 0 Å². The number of hydrogen-bond donors (Lipinski definition) is 1. The molecule has 6 heteroatoms. The number of halogens is 2. The zero-order valence-corrected chi connectivity index (χ0v) is 11.1. The van der Waals surface area contributed by atoms with Crippen molar-refractivity contribution in [2.24, 2.45) is 0 Å². The maximum absolute atomic E-state index is 14.2. The van der Waals surface area contributed by atoms with Crippen molar-refractivity contribution in [2.45, 2.75) is 25.3 Å². The third kappa shape index (κ3) is 3.12. The first-order valence-corrected chi connectivity index (χ1v) is 6.41. The van der Waals surface area contributed by atoms with Gasteiger partial charge in [-0.15, -0.1) is 0 Å². The molecule has 1 unspecified atom stereocenters. The van der Waals surface area contributed by atoms with Crippen molar-refractivity contribution in [3.63, 3.8) is 0 Å². The van der Waals surface area contributed by atoms with Crippen LogP contribution in [0.25, 0.3) is 0 Å². The fraction of sp³-hybridized carbons (Fsp3) is 0.429. The van der Waals surface area contributed by atoms with E-state index in [0.717, 1.165) is 4.90 Å². The average Bonchev–Trinajstić information content (AvgIpc) is 2.53. The van der Waals surface area contributed by atoms with Crippen molar-refractivity contribution in [1.29, 1.82) is 0 Å². The summed E-state index contributed by atoms with van der Waals surface area (Å²) in [7, 11) is 0. The molecule has 2 rings (SSSR count). The predicted molar refractivity (Wildman–Crippen MR) is 69.1 cm³/mol. The largest absolute Gasteiger partial charge is 0.345 e. The molecule has 0 radical (unpaired) electrons. The zero-order valence-electron chi connectivity index (χ0n) is 11.1. The Labute approximate surface area is 115 Å². The lowest BCUT2D eigenvalue weighted by molar-refractivity contribution is -0.138. The highest BCUT2D eigenvalue weighted by molar-refractivity contribution is 5.89. The Hall–Kier alpha value is -1.98. The molecule has 1 aromatic rings. The van der Waals surface area contributed by atoms with Crippen molar-refractivity contribution in [3.05, 3.63) is 35.9 Å².